The molecule has 9 heteroatoms. The van der Waals surface area contributed by atoms with E-state index in [0.717, 1.165) is 14.9 Å². The first-order valence-corrected chi connectivity index (χ1v) is 14.3. The normalized spacial score (nSPS) is 11.0. The van der Waals surface area contributed by atoms with Gasteiger partial charge in [0.25, 0.3) is 11.8 Å². The number of nitrogens with one attached hydrogen (secondary N) is 2. The molecule has 0 aliphatic heterocycles. The van der Waals surface area contributed by atoms with E-state index < -0.39 is 11.8 Å². The highest BCUT2D eigenvalue weighted by molar-refractivity contribution is 9.10. The van der Waals surface area contributed by atoms with Crippen molar-refractivity contribution in [1.29, 1.82) is 0 Å². The summed E-state index contributed by atoms with van der Waals surface area (Å²) in [6.45, 7) is 0. The first-order chi connectivity index (χ1) is 19.9. The van der Waals surface area contributed by atoms with Crippen LogP contribution in [0.4, 0.5) is 5.69 Å². The number of benzene rings is 4. The van der Waals surface area contributed by atoms with Gasteiger partial charge in [0, 0.05) is 26.2 Å². The van der Waals surface area contributed by atoms with Crippen molar-refractivity contribution < 1.29 is 23.9 Å². The molecule has 0 aromatic heterocycles. The molecule has 208 valence electrons. The Morgan fingerprint density at radius 1 is 0.805 bits per heavy atom. The van der Waals surface area contributed by atoms with Gasteiger partial charge in [0.1, 0.15) is 5.70 Å². The van der Waals surface area contributed by atoms with Gasteiger partial charge in [0.15, 0.2) is 17.3 Å². The predicted octanol–water partition coefficient (Wildman–Crippen LogP) is 6.85. The van der Waals surface area contributed by atoms with Crippen LogP contribution in [-0.4, -0.2) is 37.6 Å². The monoisotopic (exact) mass is 630 g/mol. The van der Waals surface area contributed by atoms with Crippen LogP contribution in [0.2, 0.25) is 0 Å². The molecular weight excluding hydrogens is 604 g/mol. The molecule has 2 amide bonds. The van der Waals surface area contributed by atoms with Crippen LogP contribution in [0.5, 0.6) is 11.5 Å². The summed E-state index contributed by atoms with van der Waals surface area (Å²) in [6.07, 6.45) is 1.62. The Kier molecular flexibility index (Phi) is 10.4. The first kappa shape index (κ1) is 29.6. The maximum atomic E-state index is 13.2. The smallest absolute Gasteiger partial charge is 0.272 e. The molecule has 4 rings (SSSR count). The lowest BCUT2D eigenvalue weighted by atomic mass is 10.1. The molecule has 0 saturated heterocycles. The third kappa shape index (κ3) is 8.33. The van der Waals surface area contributed by atoms with Gasteiger partial charge in [-0.15, -0.1) is 11.8 Å². The molecule has 7 nitrogen and oxygen atoms in total. The van der Waals surface area contributed by atoms with E-state index in [9.17, 15) is 14.4 Å². The molecule has 41 heavy (non-hydrogen) atoms. The molecule has 0 aliphatic rings. The van der Waals surface area contributed by atoms with Crippen LogP contribution < -0.4 is 20.1 Å². The number of Topliss-reactive ketones (excluding diaryl/α,β-unsaturated/α-hetero) is 1. The summed E-state index contributed by atoms with van der Waals surface area (Å²) in [6, 6.07) is 28.3. The van der Waals surface area contributed by atoms with Crippen LogP contribution in [0.25, 0.3) is 6.08 Å². The molecule has 0 unspecified atom stereocenters. The van der Waals surface area contributed by atoms with E-state index in [4.69, 9.17) is 9.47 Å². The standard InChI is InChI=1S/C32H27BrN2O5S/c1-39-29-16-11-23(19-30(29)40-2)28(36)20-41-26-14-12-25(13-15-26)34-32(38)27(18-21-7-6-10-24(33)17-21)35-31(37)22-8-4-3-5-9-22/h3-19H,20H2,1-2H3,(H,34,38)(H,35,37)/b27-18-. The highest BCUT2D eigenvalue weighted by Crippen LogP contribution is 2.29. The number of anilines is 1. The zero-order chi connectivity index (χ0) is 29.2. The van der Waals surface area contributed by atoms with Crippen molar-refractivity contribution in [1.82, 2.24) is 5.32 Å². The van der Waals surface area contributed by atoms with Crippen LogP contribution in [0.1, 0.15) is 26.3 Å². The third-order valence-electron chi connectivity index (χ3n) is 5.88. The molecule has 0 aliphatic carbocycles. The maximum absolute atomic E-state index is 13.2. The van der Waals surface area contributed by atoms with Gasteiger partial charge in [-0.25, -0.2) is 0 Å². The summed E-state index contributed by atoms with van der Waals surface area (Å²) < 4.78 is 11.4. The van der Waals surface area contributed by atoms with Crippen LogP contribution >= 0.6 is 27.7 Å². The lowest BCUT2D eigenvalue weighted by molar-refractivity contribution is -0.113. The van der Waals surface area contributed by atoms with Crippen LogP contribution in [0.15, 0.2) is 112 Å². The molecule has 4 aromatic carbocycles. The van der Waals surface area contributed by atoms with Gasteiger partial charge < -0.3 is 20.1 Å². The van der Waals surface area contributed by atoms with E-state index in [1.807, 2.05) is 42.5 Å². The van der Waals surface area contributed by atoms with E-state index in [0.29, 0.717) is 28.3 Å². The second kappa shape index (κ2) is 14.3. The largest absolute Gasteiger partial charge is 0.493 e. The Morgan fingerprint density at radius 2 is 1.54 bits per heavy atom. The quantitative estimate of drug-likeness (QED) is 0.107. The van der Waals surface area contributed by atoms with Crippen molar-refractivity contribution in [2.75, 3.05) is 25.3 Å². The van der Waals surface area contributed by atoms with Crippen LogP contribution in [-0.2, 0) is 4.79 Å². The van der Waals surface area contributed by atoms with E-state index >= 15 is 0 Å². The lowest BCUT2D eigenvalue weighted by Gasteiger charge is -2.12. The summed E-state index contributed by atoms with van der Waals surface area (Å²) in [5.41, 5.74) is 2.34. The van der Waals surface area contributed by atoms with Gasteiger partial charge in [0.05, 0.1) is 20.0 Å². The Hall–Kier alpha value is -4.34. The number of halogens is 1. The van der Waals surface area contributed by atoms with E-state index in [1.54, 1.807) is 67.8 Å². The fraction of sp³-hybridized carbons (Fsp3) is 0.0938. The highest BCUT2D eigenvalue weighted by atomic mass is 79.9. The number of ketones is 1. The van der Waals surface area contributed by atoms with E-state index in [-0.39, 0.29) is 17.2 Å². The zero-order valence-electron chi connectivity index (χ0n) is 22.3. The molecule has 4 aromatic rings. The molecule has 0 spiro atoms. The number of ether oxygens (including phenoxy) is 2. The van der Waals surface area contributed by atoms with Crippen molar-refractivity contribution in [2.24, 2.45) is 0 Å². The average molecular weight is 632 g/mol. The summed E-state index contributed by atoms with van der Waals surface area (Å²) in [5, 5.41) is 5.57. The van der Waals surface area contributed by atoms with Crippen molar-refractivity contribution in [2.45, 2.75) is 4.90 Å². The number of hydrogen-bond acceptors (Lipinski definition) is 6. The minimum Gasteiger partial charge on any atom is -0.493 e. The Bertz CT molecular complexity index is 1570. The number of thioether (sulfide) groups is 1. The maximum Gasteiger partial charge on any atom is 0.272 e. The van der Waals surface area contributed by atoms with Crippen LogP contribution in [0.3, 0.4) is 0 Å². The number of methoxy groups -OCH3 is 2. The average Bonchev–Trinajstić information content (AvgIpc) is 3.00. The summed E-state index contributed by atoms with van der Waals surface area (Å²) in [4.78, 5) is 39.7. The minimum atomic E-state index is -0.474. The molecular formula is C32H27BrN2O5S. The van der Waals surface area contributed by atoms with E-state index in [1.165, 1.54) is 18.9 Å². The molecule has 0 atom stereocenters. The molecule has 0 fully saturated rings. The molecule has 0 saturated carbocycles. The SMILES string of the molecule is COc1ccc(C(=O)CSc2ccc(NC(=O)/C(=C/c3cccc(Br)c3)NC(=O)c3ccccc3)cc2)cc1OC. The fourth-order valence-corrected chi connectivity index (χ4v) is 4.99. The number of rotatable bonds is 11. The van der Waals surface area contributed by atoms with Crippen LogP contribution in [0, 0.1) is 0 Å². The molecule has 0 radical (unpaired) electrons. The first-order valence-electron chi connectivity index (χ1n) is 12.5. The topological polar surface area (TPSA) is 93.7 Å². The summed E-state index contributed by atoms with van der Waals surface area (Å²) in [7, 11) is 3.07. The highest BCUT2D eigenvalue weighted by Gasteiger charge is 2.16. The second-order valence-electron chi connectivity index (χ2n) is 8.69. The van der Waals surface area contributed by atoms with Crippen molar-refractivity contribution >= 4 is 57.1 Å². The number of carbonyl (C=O) groups is 3. The fourth-order valence-electron chi connectivity index (χ4n) is 3.78. The van der Waals surface area contributed by atoms with Gasteiger partial charge >= 0.3 is 0 Å². The molecule has 2 N–H and O–H groups in total. The number of hydrogen-bond donors (Lipinski definition) is 2. The van der Waals surface area contributed by atoms with E-state index in [2.05, 4.69) is 26.6 Å². The summed E-state index contributed by atoms with van der Waals surface area (Å²) >= 11 is 4.82. The van der Waals surface area contributed by atoms with Gasteiger partial charge in [-0.05, 0) is 78.4 Å². The molecule has 0 heterocycles. The summed E-state index contributed by atoms with van der Waals surface area (Å²) in [5.74, 6) is 0.364. The Morgan fingerprint density at radius 3 is 2.22 bits per heavy atom. The van der Waals surface area contributed by atoms with Gasteiger partial charge in [0.2, 0.25) is 0 Å². The third-order valence-corrected chi connectivity index (χ3v) is 7.38. The Labute approximate surface area is 251 Å². The van der Waals surface area contributed by atoms with Crippen molar-refractivity contribution in [3.63, 3.8) is 0 Å². The molecule has 0 bridgehead atoms. The Balaban J connectivity index is 1.43. The minimum absolute atomic E-state index is 0.0511. The number of carbonyl (C=O) groups excluding carboxylic acids is 3. The lowest BCUT2D eigenvalue weighted by Crippen LogP contribution is -2.30. The predicted molar refractivity (Wildman–Crippen MR) is 166 cm³/mol. The zero-order valence-corrected chi connectivity index (χ0v) is 24.8. The van der Waals surface area contributed by atoms with Crippen molar-refractivity contribution in [3.05, 3.63) is 124 Å². The van der Waals surface area contributed by atoms with Gasteiger partial charge in [-0.3, -0.25) is 14.4 Å². The second-order valence-corrected chi connectivity index (χ2v) is 10.7. The van der Waals surface area contributed by atoms with Crippen molar-refractivity contribution in [3.8, 4) is 11.5 Å². The number of amides is 2. The van der Waals surface area contributed by atoms with Gasteiger partial charge in [-0.2, -0.15) is 0 Å². The van der Waals surface area contributed by atoms with Gasteiger partial charge in [-0.1, -0.05) is 46.3 Å².